The van der Waals surface area contributed by atoms with Crippen molar-refractivity contribution in [2.24, 2.45) is 11.3 Å². The van der Waals surface area contributed by atoms with Crippen LogP contribution in [0.25, 0.3) is 11.1 Å². The third-order valence-corrected chi connectivity index (χ3v) is 8.11. The number of ether oxygens (including phenoxy) is 1. The minimum atomic E-state index is -0.856. The first-order valence-corrected chi connectivity index (χ1v) is 12.6. The van der Waals surface area contributed by atoms with Gasteiger partial charge in [-0.15, -0.1) is 0 Å². The van der Waals surface area contributed by atoms with Crippen molar-refractivity contribution in [1.29, 1.82) is 0 Å². The summed E-state index contributed by atoms with van der Waals surface area (Å²) in [6, 6.07) is 16.0. The van der Waals surface area contributed by atoms with Crippen molar-refractivity contribution in [2.75, 3.05) is 13.2 Å². The van der Waals surface area contributed by atoms with Crippen LogP contribution >= 0.6 is 0 Å². The summed E-state index contributed by atoms with van der Waals surface area (Å²) in [5.41, 5.74) is 3.93. The van der Waals surface area contributed by atoms with Gasteiger partial charge < -0.3 is 20.5 Å². The van der Waals surface area contributed by atoms with Gasteiger partial charge in [-0.3, -0.25) is 9.59 Å². The van der Waals surface area contributed by atoms with Crippen molar-refractivity contribution in [3.63, 3.8) is 0 Å². The number of carboxylic acids is 1. The highest BCUT2D eigenvalue weighted by atomic mass is 16.5. The maximum atomic E-state index is 13.2. The van der Waals surface area contributed by atoms with E-state index in [4.69, 9.17) is 4.74 Å². The standard InChI is InChI=1S/C28H32N2O5/c31-25(32)22-12-7-13-24(22)30-26(33)28(14-5-6-15-28)17-29-27(34)35-16-23-20-10-3-1-8-18(20)19-9-2-4-11-21(19)23/h1-4,8-11,22-24H,5-7,12-17H2,(H,29,34)(H,30,33)(H,31,32). The number of amides is 2. The average Bonchev–Trinajstić information content (AvgIpc) is 3.60. The van der Waals surface area contributed by atoms with Gasteiger partial charge in [-0.25, -0.2) is 4.79 Å². The molecule has 0 bridgehead atoms. The number of carbonyl (C=O) groups is 3. The summed E-state index contributed by atoms with van der Waals surface area (Å²) in [6.07, 6.45) is 4.70. The Hall–Kier alpha value is -3.35. The number of benzene rings is 2. The molecule has 2 fully saturated rings. The van der Waals surface area contributed by atoms with Crippen molar-refractivity contribution in [1.82, 2.24) is 10.6 Å². The van der Waals surface area contributed by atoms with Crippen LogP contribution in [0.15, 0.2) is 48.5 Å². The first kappa shape index (κ1) is 23.4. The van der Waals surface area contributed by atoms with Crippen LogP contribution in [0.3, 0.4) is 0 Å². The smallest absolute Gasteiger partial charge is 0.407 e. The molecular formula is C28H32N2O5. The monoisotopic (exact) mass is 476 g/mol. The van der Waals surface area contributed by atoms with Gasteiger partial charge in [-0.05, 0) is 47.9 Å². The van der Waals surface area contributed by atoms with E-state index in [9.17, 15) is 19.5 Å². The normalized spacial score (nSPS) is 22.3. The third-order valence-electron chi connectivity index (χ3n) is 8.11. The lowest BCUT2D eigenvalue weighted by Crippen LogP contribution is -2.51. The molecule has 0 aromatic heterocycles. The molecule has 7 nitrogen and oxygen atoms in total. The maximum absolute atomic E-state index is 13.2. The Morgan fingerprint density at radius 3 is 2.17 bits per heavy atom. The van der Waals surface area contributed by atoms with E-state index in [1.54, 1.807) is 0 Å². The molecule has 0 spiro atoms. The number of alkyl carbamates (subject to hydrolysis) is 1. The van der Waals surface area contributed by atoms with Crippen LogP contribution in [-0.2, 0) is 14.3 Å². The molecule has 0 radical (unpaired) electrons. The van der Waals surface area contributed by atoms with E-state index in [0.717, 1.165) is 30.4 Å². The Balaban J connectivity index is 1.20. The summed E-state index contributed by atoms with van der Waals surface area (Å²) >= 11 is 0. The molecular weight excluding hydrogens is 444 g/mol. The quantitative estimate of drug-likeness (QED) is 0.547. The predicted octanol–water partition coefficient (Wildman–Crippen LogP) is 4.46. The predicted molar refractivity (Wildman–Crippen MR) is 131 cm³/mol. The van der Waals surface area contributed by atoms with Crippen LogP contribution in [0.1, 0.15) is 62.0 Å². The number of hydrogen-bond acceptors (Lipinski definition) is 4. The van der Waals surface area contributed by atoms with E-state index in [2.05, 4.69) is 34.9 Å². The molecule has 0 heterocycles. The molecule has 3 aliphatic carbocycles. The van der Waals surface area contributed by atoms with E-state index in [1.807, 2.05) is 24.3 Å². The van der Waals surface area contributed by atoms with Gasteiger partial charge in [0.1, 0.15) is 6.61 Å². The Labute approximate surface area is 205 Å². The molecule has 0 saturated heterocycles. The fraction of sp³-hybridized carbons (Fsp3) is 0.464. The summed E-state index contributed by atoms with van der Waals surface area (Å²) in [7, 11) is 0. The molecule has 2 atom stereocenters. The molecule has 3 N–H and O–H groups in total. The first-order valence-electron chi connectivity index (χ1n) is 12.6. The van der Waals surface area contributed by atoms with Gasteiger partial charge in [0.15, 0.2) is 0 Å². The second-order valence-electron chi connectivity index (χ2n) is 10.1. The average molecular weight is 477 g/mol. The van der Waals surface area contributed by atoms with Crippen LogP contribution in [-0.4, -0.2) is 42.3 Å². The van der Waals surface area contributed by atoms with Crippen molar-refractivity contribution in [3.05, 3.63) is 59.7 Å². The summed E-state index contributed by atoms with van der Waals surface area (Å²) in [4.78, 5) is 37.5. The molecule has 0 aliphatic heterocycles. The van der Waals surface area contributed by atoms with Gasteiger partial charge in [0.2, 0.25) is 5.91 Å². The highest BCUT2D eigenvalue weighted by Gasteiger charge is 2.44. The molecule has 2 amide bonds. The van der Waals surface area contributed by atoms with Crippen LogP contribution in [0, 0.1) is 11.3 Å². The van der Waals surface area contributed by atoms with Gasteiger partial charge in [-0.2, -0.15) is 0 Å². The molecule has 7 heteroatoms. The van der Waals surface area contributed by atoms with Gasteiger partial charge in [0, 0.05) is 18.5 Å². The van der Waals surface area contributed by atoms with E-state index in [-0.39, 0.29) is 31.0 Å². The topological polar surface area (TPSA) is 105 Å². The summed E-state index contributed by atoms with van der Waals surface area (Å²) in [5, 5.41) is 15.3. The van der Waals surface area contributed by atoms with Crippen LogP contribution < -0.4 is 10.6 Å². The van der Waals surface area contributed by atoms with Crippen LogP contribution in [0.4, 0.5) is 4.79 Å². The summed E-state index contributed by atoms with van der Waals surface area (Å²) < 4.78 is 5.65. The number of nitrogens with one attached hydrogen (secondary N) is 2. The summed E-state index contributed by atoms with van der Waals surface area (Å²) in [5.74, 6) is -1.56. The highest BCUT2D eigenvalue weighted by Crippen LogP contribution is 2.44. The van der Waals surface area contributed by atoms with E-state index in [0.29, 0.717) is 25.7 Å². The molecule has 3 aliphatic rings. The molecule has 35 heavy (non-hydrogen) atoms. The molecule has 184 valence electrons. The Morgan fingerprint density at radius 2 is 1.54 bits per heavy atom. The van der Waals surface area contributed by atoms with Crippen molar-refractivity contribution >= 4 is 18.0 Å². The first-order chi connectivity index (χ1) is 17.0. The number of hydrogen-bond donors (Lipinski definition) is 3. The highest BCUT2D eigenvalue weighted by molar-refractivity contribution is 5.85. The SMILES string of the molecule is O=C(NCC1(C(=O)NC2CCCC2C(=O)O)CCCC1)OCC1c2ccccc2-c2ccccc21. The minimum Gasteiger partial charge on any atom is -0.481 e. The maximum Gasteiger partial charge on any atom is 0.407 e. The molecule has 2 unspecified atom stereocenters. The number of aliphatic carboxylic acids is 1. The largest absolute Gasteiger partial charge is 0.481 e. The molecule has 5 rings (SSSR count). The number of carbonyl (C=O) groups excluding carboxylic acids is 2. The van der Waals surface area contributed by atoms with E-state index < -0.39 is 23.4 Å². The number of carboxylic acid groups (broad SMARTS) is 1. The van der Waals surface area contributed by atoms with Crippen molar-refractivity contribution in [2.45, 2.75) is 56.9 Å². The Bertz CT molecular complexity index is 1080. The fourth-order valence-corrected chi connectivity index (χ4v) is 6.18. The fourth-order valence-electron chi connectivity index (χ4n) is 6.18. The molecule has 2 aromatic carbocycles. The number of rotatable bonds is 7. The Kier molecular flexibility index (Phi) is 6.50. The zero-order valence-electron chi connectivity index (χ0n) is 19.8. The van der Waals surface area contributed by atoms with Crippen LogP contribution in [0.2, 0.25) is 0 Å². The zero-order valence-corrected chi connectivity index (χ0v) is 19.8. The second kappa shape index (κ2) is 9.72. The molecule has 2 saturated carbocycles. The lowest BCUT2D eigenvalue weighted by molar-refractivity contribution is -0.142. The summed E-state index contributed by atoms with van der Waals surface area (Å²) in [6.45, 7) is 0.418. The lowest BCUT2D eigenvalue weighted by atomic mass is 9.84. The van der Waals surface area contributed by atoms with E-state index in [1.165, 1.54) is 11.1 Å². The Morgan fingerprint density at radius 1 is 0.914 bits per heavy atom. The van der Waals surface area contributed by atoms with Crippen LogP contribution in [0.5, 0.6) is 0 Å². The third kappa shape index (κ3) is 4.51. The minimum absolute atomic E-state index is 0.0211. The molecule has 2 aromatic rings. The number of fused-ring (bicyclic) bond motifs is 3. The van der Waals surface area contributed by atoms with Crippen molar-refractivity contribution < 1.29 is 24.2 Å². The zero-order chi connectivity index (χ0) is 24.4. The second-order valence-corrected chi connectivity index (χ2v) is 10.1. The van der Waals surface area contributed by atoms with Gasteiger partial charge in [-0.1, -0.05) is 67.8 Å². The van der Waals surface area contributed by atoms with Crippen molar-refractivity contribution in [3.8, 4) is 11.1 Å². The van der Waals surface area contributed by atoms with Gasteiger partial charge in [0.25, 0.3) is 0 Å². The van der Waals surface area contributed by atoms with E-state index >= 15 is 0 Å². The van der Waals surface area contributed by atoms with Gasteiger partial charge in [0.05, 0.1) is 11.3 Å². The lowest BCUT2D eigenvalue weighted by Gasteiger charge is -2.30. The van der Waals surface area contributed by atoms with Gasteiger partial charge >= 0.3 is 12.1 Å².